The number of aromatic nitrogens is 1. The molecule has 1 fully saturated rings. The van der Waals surface area contributed by atoms with E-state index >= 15 is 0 Å². The minimum atomic E-state index is -0.332. The Balaban J connectivity index is 1.71. The number of amides is 1. The third-order valence-electron chi connectivity index (χ3n) is 3.65. The molecule has 6 nitrogen and oxygen atoms in total. The molecule has 0 atom stereocenters. The number of nitrogens with one attached hydrogen (secondary N) is 1. The van der Waals surface area contributed by atoms with Crippen LogP contribution in [-0.4, -0.2) is 37.2 Å². The van der Waals surface area contributed by atoms with Gasteiger partial charge in [-0.2, -0.15) is 5.26 Å². The van der Waals surface area contributed by atoms with Gasteiger partial charge in [-0.25, -0.2) is 4.98 Å². The van der Waals surface area contributed by atoms with E-state index in [2.05, 4.69) is 21.3 Å². The van der Waals surface area contributed by atoms with Gasteiger partial charge in [-0.05, 0) is 24.3 Å². The van der Waals surface area contributed by atoms with Crippen molar-refractivity contribution in [2.75, 3.05) is 36.5 Å². The van der Waals surface area contributed by atoms with Gasteiger partial charge in [0.1, 0.15) is 11.8 Å². The van der Waals surface area contributed by atoms with Crippen LogP contribution in [0, 0.1) is 11.3 Å². The van der Waals surface area contributed by atoms with Crippen molar-refractivity contribution in [3.63, 3.8) is 0 Å². The van der Waals surface area contributed by atoms with E-state index < -0.39 is 0 Å². The summed E-state index contributed by atoms with van der Waals surface area (Å²) in [5, 5.41) is 11.8. The zero-order chi connectivity index (χ0) is 16.1. The summed E-state index contributed by atoms with van der Waals surface area (Å²) in [4.78, 5) is 18.7. The summed E-state index contributed by atoms with van der Waals surface area (Å²) in [6.45, 7) is 3.05. The quantitative estimate of drug-likeness (QED) is 0.939. The smallest absolute Gasteiger partial charge is 0.274 e. The highest BCUT2D eigenvalue weighted by Gasteiger charge is 2.14. The number of carbonyl (C=O) groups excluding carboxylic acids is 1. The summed E-state index contributed by atoms with van der Waals surface area (Å²) in [7, 11) is 0. The van der Waals surface area contributed by atoms with Gasteiger partial charge in [0.2, 0.25) is 0 Å². The molecule has 0 spiro atoms. The predicted molar refractivity (Wildman–Crippen MR) is 86.4 cm³/mol. The zero-order valence-electron chi connectivity index (χ0n) is 12.5. The van der Waals surface area contributed by atoms with Gasteiger partial charge >= 0.3 is 0 Å². The van der Waals surface area contributed by atoms with Crippen molar-refractivity contribution in [3.8, 4) is 6.07 Å². The number of carbonyl (C=O) groups is 1. The molecule has 23 heavy (non-hydrogen) atoms. The van der Waals surface area contributed by atoms with Gasteiger partial charge < -0.3 is 15.0 Å². The normalized spacial score (nSPS) is 14.1. The maximum atomic E-state index is 12.3. The highest BCUT2D eigenvalue weighted by molar-refractivity contribution is 6.03. The Hall–Kier alpha value is -2.91. The van der Waals surface area contributed by atoms with Gasteiger partial charge in [-0.3, -0.25) is 4.79 Å². The van der Waals surface area contributed by atoms with Gasteiger partial charge in [-0.1, -0.05) is 12.1 Å². The Morgan fingerprint density at radius 1 is 1.22 bits per heavy atom. The Morgan fingerprint density at radius 3 is 2.70 bits per heavy atom. The average molecular weight is 308 g/mol. The van der Waals surface area contributed by atoms with E-state index in [0.717, 1.165) is 18.8 Å². The Kier molecular flexibility index (Phi) is 4.50. The van der Waals surface area contributed by atoms with Crippen LogP contribution in [0.1, 0.15) is 16.1 Å². The fraction of sp³-hybridized carbons (Fsp3) is 0.235. The maximum Gasteiger partial charge on any atom is 0.274 e. The highest BCUT2D eigenvalue weighted by atomic mass is 16.5. The Morgan fingerprint density at radius 2 is 2.00 bits per heavy atom. The molecule has 1 aliphatic heterocycles. The lowest BCUT2D eigenvalue weighted by Gasteiger charge is -2.28. The topological polar surface area (TPSA) is 78.2 Å². The molecule has 2 aromatic rings. The summed E-state index contributed by atoms with van der Waals surface area (Å²) >= 11 is 0. The number of benzene rings is 1. The zero-order valence-corrected chi connectivity index (χ0v) is 12.5. The number of hydrogen-bond donors (Lipinski definition) is 1. The number of morpholine rings is 1. The van der Waals surface area contributed by atoms with Crippen LogP contribution in [0.5, 0.6) is 0 Å². The molecular weight excluding hydrogens is 292 g/mol. The van der Waals surface area contributed by atoms with E-state index in [1.807, 2.05) is 6.07 Å². The van der Waals surface area contributed by atoms with Gasteiger partial charge in [0.15, 0.2) is 0 Å². The molecule has 0 radical (unpaired) electrons. The largest absolute Gasteiger partial charge is 0.378 e. The lowest BCUT2D eigenvalue weighted by atomic mass is 10.2. The molecule has 3 rings (SSSR count). The van der Waals surface area contributed by atoms with Crippen LogP contribution in [0.3, 0.4) is 0 Å². The molecule has 6 heteroatoms. The number of para-hydroxylation sites is 1. The standard InChI is InChI=1S/C17H16N4O2/c18-11-13-3-1-2-4-15(13)20-17(22)16-6-5-14(12-19-16)21-7-9-23-10-8-21/h1-6,12H,7-10H2,(H,20,22). The second-order valence-corrected chi connectivity index (χ2v) is 5.11. The molecule has 1 amide bonds. The average Bonchev–Trinajstić information content (AvgIpc) is 2.63. The maximum absolute atomic E-state index is 12.3. The van der Waals surface area contributed by atoms with Crippen LogP contribution >= 0.6 is 0 Å². The first-order valence-corrected chi connectivity index (χ1v) is 7.37. The third-order valence-corrected chi connectivity index (χ3v) is 3.65. The molecule has 0 aliphatic carbocycles. The summed E-state index contributed by atoms with van der Waals surface area (Å²) in [6.07, 6.45) is 1.69. The number of nitriles is 1. The number of rotatable bonds is 3. The predicted octanol–water partition coefficient (Wildman–Crippen LogP) is 2.04. The summed E-state index contributed by atoms with van der Waals surface area (Å²) in [5.74, 6) is -0.332. The van der Waals surface area contributed by atoms with Crippen LogP contribution in [0.25, 0.3) is 0 Å². The fourth-order valence-corrected chi connectivity index (χ4v) is 2.40. The van der Waals surface area contributed by atoms with Crippen LogP contribution in [0.2, 0.25) is 0 Å². The van der Waals surface area contributed by atoms with Crippen LogP contribution in [0.4, 0.5) is 11.4 Å². The third kappa shape index (κ3) is 3.47. The monoisotopic (exact) mass is 308 g/mol. The molecule has 1 aromatic carbocycles. The molecule has 2 heterocycles. The molecule has 0 unspecified atom stereocenters. The van der Waals surface area contributed by atoms with Crippen molar-refractivity contribution in [3.05, 3.63) is 53.9 Å². The van der Waals surface area contributed by atoms with E-state index in [-0.39, 0.29) is 5.91 Å². The first-order valence-electron chi connectivity index (χ1n) is 7.37. The van der Waals surface area contributed by atoms with Crippen molar-refractivity contribution in [1.82, 2.24) is 4.98 Å². The number of ether oxygens (including phenoxy) is 1. The van der Waals surface area contributed by atoms with Crippen molar-refractivity contribution in [2.45, 2.75) is 0 Å². The lowest BCUT2D eigenvalue weighted by molar-refractivity contribution is 0.102. The van der Waals surface area contributed by atoms with E-state index in [1.54, 1.807) is 36.5 Å². The van der Waals surface area contributed by atoms with Crippen molar-refractivity contribution in [1.29, 1.82) is 5.26 Å². The number of anilines is 2. The number of hydrogen-bond acceptors (Lipinski definition) is 5. The number of pyridine rings is 1. The van der Waals surface area contributed by atoms with Crippen LogP contribution in [0.15, 0.2) is 42.6 Å². The molecule has 116 valence electrons. The minimum absolute atomic E-state index is 0.315. The van der Waals surface area contributed by atoms with Crippen molar-refractivity contribution < 1.29 is 9.53 Å². The first kappa shape index (κ1) is 15.0. The Bertz CT molecular complexity index is 731. The molecular formula is C17H16N4O2. The first-order chi connectivity index (χ1) is 11.3. The molecule has 0 bridgehead atoms. The van der Waals surface area contributed by atoms with Crippen LogP contribution in [-0.2, 0) is 4.74 Å². The molecule has 1 aromatic heterocycles. The van der Waals surface area contributed by atoms with Crippen molar-refractivity contribution in [2.24, 2.45) is 0 Å². The molecule has 1 N–H and O–H groups in total. The second kappa shape index (κ2) is 6.90. The summed E-state index contributed by atoms with van der Waals surface area (Å²) in [6, 6.07) is 12.5. The molecule has 1 saturated heterocycles. The fourth-order valence-electron chi connectivity index (χ4n) is 2.40. The van der Waals surface area contributed by atoms with Gasteiger partial charge in [0, 0.05) is 13.1 Å². The highest BCUT2D eigenvalue weighted by Crippen LogP contribution is 2.17. The van der Waals surface area contributed by atoms with E-state index in [0.29, 0.717) is 30.2 Å². The molecule has 1 aliphatic rings. The van der Waals surface area contributed by atoms with Gasteiger partial charge in [-0.15, -0.1) is 0 Å². The second-order valence-electron chi connectivity index (χ2n) is 5.11. The van der Waals surface area contributed by atoms with E-state index in [9.17, 15) is 4.79 Å². The Labute approximate surface area is 134 Å². The van der Waals surface area contributed by atoms with Crippen molar-refractivity contribution >= 4 is 17.3 Å². The SMILES string of the molecule is N#Cc1ccccc1NC(=O)c1ccc(N2CCOCC2)cn1. The molecule has 0 saturated carbocycles. The summed E-state index contributed by atoms with van der Waals surface area (Å²) < 4.78 is 5.32. The number of nitrogens with zero attached hydrogens (tertiary/aromatic N) is 3. The van der Waals surface area contributed by atoms with E-state index in [4.69, 9.17) is 10.00 Å². The van der Waals surface area contributed by atoms with Gasteiger partial charge in [0.25, 0.3) is 5.91 Å². The van der Waals surface area contributed by atoms with Crippen LogP contribution < -0.4 is 10.2 Å². The minimum Gasteiger partial charge on any atom is -0.378 e. The van der Waals surface area contributed by atoms with E-state index in [1.165, 1.54) is 0 Å². The lowest BCUT2D eigenvalue weighted by Crippen LogP contribution is -2.36. The summed E-state index contributed by atoms with van der Waals surface area (Å²) in [5.41, 5.74) is 2.20. The van der Waals surface area contributed by atoms with Gasteiger partial charge in [0.05, 0.1) is 36.3 Å².